The molecule has 0 bridgehead atoms. The van der Waals surface area contributed by atoms with E-state index in [9.17, 15) is 9.59 Å². The Balaban J connectivity index is 1.23. The van der Waals surface area contributed by atoms with Crippen LogP contribution in [0.15, 0.2) is 36.8 Å². The van der Waals surface area contributed by atoms with Crippen molar-refractivity contribution >= 4 is 40.9 Å². The third-order valence-electron chi connectivity index (χ3n) is 9.82. The molecular formula is C32H38BFN8O4. The molecule has 3 aliphatic heterocycles. The molecule has 0 saturated carbocycles. The van der Waals surface area contributed by atoms with Crippen molar-refractivity contribution in [2.24, 2.45) is 0 Å². The number of halogens is 1. The van der Waals surface area contributed by atoms with Gasteiger partial charge in [0.05, 0.1) is 47.9 Å². The molecule has 1 aromatic carbocycles. The molecule has 14 heteroatoms. The van der Waals surface area contributed by atoms with Crippen LogP contribution in [0.1, 0.15) is 74.8 Å². The molecule has 3 aliphatic rings. The third kappa shape index (κ3) is 5.13. The number of amides is 2. The van der Waals surface area contributed by atoms with E-state index < -0.39 is 24.1 Å². The van der Waals surface area contributed by atoms with Crippen LogP contribution in [0.3, 0.4) is 0 Å². The Kier molecular flexibility index (Phi) is 7.39. The number of H-pyrrole nitrogens is 1. The van der Waals surface area contributed by atoms with Gasteiger partial charge in [-0.1, -0.05) is 17.4 Å². The van der Waals surface area contributed by atoms with E-state index in [1.165, 1.54) is 0 Å². The van der Waals surface area contributed by atoms with E-state index in [1.54, 1.807) is 45.2 Å². The first kappa shape index (κ1) is 30.4. The lowest BCUT2D eigenvalue weighted by molar-refractivity contribution is -0.131. The van der Waals surface area contributed by atoms with Gasteiger partial charge in [0.15, 0.2) is 5.82 Å². The van der Waals surface area contributed by atoms with E-state index in [0.29, 0.717) is 54.6 Å². The fourth-order valence-electron chi connectivity index (χ4n) is 6.47. The molecular weight excluding hydrogens is 590 g/mol. The number of nitrogens with one attached hydrogen (secondary N) is 1. The number of aromatic amines is 1. The first-order valence-electron chi connectivity index (χ1n) is 15.8. The normalized spacial score (nSPS) is 18.8. The lowest BCUT2D eigenvalue weighted by Gasteiger charge is -2.32. The van der Waals surface area contributed by atoms with Crippen LogP contribution in [0.4, 0.5) is 4.39 Å². The molecule has 7 rings (SSSR count). The minimum Gasteiger partial charge on any atom is -0.399 e. The molecule has 0 atom stereocenters. The van der Waals surface area contributed by atoms with E-state index >= 15 is 4.39 Å². The highest BCUT2D eigenvalue weighted by Gasteiger charge is 2.52. The molecule has 12 nitrogen and oxygen atoms in total. The van der Waals surface area contributed by atoms with Crippen LogP contribution in [-0.4, -0.2) is 82.8 Å². The molecule has 1 N–H and O–H groups in total. The average Bonchev–Trinajstić information content (AvgIpc) is 3.85. The Morgan fingerprint density at radius 1 is 1.09 bits per heavy atom. The molecule has 0 radical (unpaired) electrons. The Hall–Kier alpha value is -4.30. The summed E-state index contributed by atoms with van der Waals surface area (Å²) in [5.74, 6) is -0.750. The molecule has 1 fully saturated rings. The Labute approximate surface area is 266 Å². The van der Waals surface area contributed by atoms with Crippen LogP contribution >= 0.6 is 0 Å². The molecule has 46 heavy (non-hydrogen) atoms. The van der Waals surface area contributed by atoms with Crippen LogP contribution in [0, 0.1) is 5.82 Å². The summed E-state index contributed by atoms with van der Waals surface area (Å²) in [4.78, 5) is 33.5. The maximum atomic E-state index is 16.6. The number of nitrogens with zero attached hydrogens (tertiary/aromatic N) is 7. The van der Waals surface area contributed by atoms with Crippen molar-refractivity contribution < 1.29 is 23.3 Å². The molecule has 240 valence electrons. The second-order valence-electron chi connectivity index (χ2n) is 13.2. The molecule has 0 aliphatic carbocycles. The zero-order valence-electron chi connectivity index (χ0n) is 26.8. The highest BCUT2D eigenvalue weighted by Crippen LogP contribution is 2.38. The Morgan fingerprint density at radius 2 is 1.87 bits per heavy atom. The minimum atomic E-state index is -0.790. The SMILES string of the molecule is CCn1ncc2c1CN(C(=O)c1cc3c(B4OC(C)(C)C(C)(C)O4)cc(C4=CCCN(C(=O)CCn5ccnn5)C4)c(F)c3[nH]1)C2. The molecule has 3 aromatic heterocycles. The zero-order chi connectivity index (χ0) is 32.4. The Morgan fingerprint density at radius 3 is 2.59 bits per heavy atom. The number of carbonyl (C=O) groups is 2. The van der Waals surface area contributed by atoms with Crippen LogP contribution < -0.4 is 5.46 Å². The summed E-state index contributed by atoms with van der Waals surface area (Å²) >= 11 is 0. The van der Waals surface area contributed by atoms with E-state index in [4.69, 9.17) is 9.31 Å². The number of fused-ring (bicyclic) bond motifs is 2. The Bertz CT molecular complexity index is 1840. The highest BCUT2D eigenvalue weighted by atomic mass is 19.1. The summed E-state index contributed by atoms with van der Waals surface area (Å²) in [5, 5.41) is 12.7. The van der Waals surface area contributed by atoms with E-state index in [2.05, 4.69) is 20.4 Å². The van der Waals surface area contributed by atoms with Gasteiger partial charge < -0.3 is 24.1 Å². The van der Waals surface area contributed by atoms with Gasteiger partial charge in [-0.25, -0.2) is 4.39 Å². The number of hydrogen-bond donors (Lipinski definition) is 1. The number of benzene rings is 1. The molecule has 1 saturated heterocycles. The number of hydrogen-bond acceptors (Lipinski definition) is 7. The second-order valence-corrected chi connectivity index (χ2v) is 13.2. The molecule has 2 amide bonds. The predicted octanol–water partition coefficient (Wildman–Crippen LogP) is 3.28. The third-order valence-corrected chi connectivity index (χ3v) is 9.82. The summed E-state index contributed by atoms with van der Waals surface area (Å²) < 4.78 is 33.0. The van der Waals surface area contributed by atoms with E-state index in [1.807, 2.05) is 45.4 Å². The fraction of sp³-hybridized carbons (Fsp3) is 0.469. The van der Waals surface area contributed by atoms with Gasteiger partial charge in [-0.3, -0.25) is 19.0 Å². The molecule has 6 heterocycles. The van der Waals surface area contributed by atoms with Gasteiger partial charge in [0, 0.05) is 55.3 Å². The number of rotatable bonds is 7. The molecule has 0 spiro atoms. The van der Waals surface area contributed by atoms with Crippen molar-refractivity contribution in [3.8, 4) is 0 Å². The van der Waals surface area contributed by atoms with Crippen molar-refractivity contribution in [2.75, 3.05) is 13.1 Å². The highest BCUT2D eigenvalue weighted by molar-refractivity contribution is 6.65. The van der Waals surface area contributed by atoms with Crippen molar-refractivity contribution in [3.05, 3.63) is 65.1 Å². The summed E-state index contributed by atoms with van der Waals surface area (Å²) in [7, 11) is -0.790. The monoisotopic (exact) mass is 628 g/mol. The summed E-state index contributed by atoms with van der Waals surface area (Å²) in [6.45, 7) is 12.7. The van der Waals surface area contributed by atoms with Crippen molar-refractivity contribution in [1.29, 1.82) is 0 Å². The number of aryl methyl sites for hydroxylation is 2. The summed E-state index contributed by atoms with van der Waals surface area (Å²) in [6, 6.07) is 3.47. The van der Waals surface area contributed by atoms with Gasteiger partial charge >= 0.3 is 7.12 Å². The quantitative estimate of drug-likeness (QED) is 0.312. The lowest BCUT2D eigenvalue weighted by atomic mass is 9.75. The van der Waals surface area contributed by atoms with Gasteiger partial charge in [-0.05, 0) is 58.1 Å². The van der Waals surface area contributed by atoms with Gasteiger partial charge in [0.25, 0.3) is 5.91 Å². The van der Waals surface area contributed by atoms with E-state index in [0.717, 1.165) is 17.8 Å². The minimum absolute atomic E-state index is 0.0423. The maximum Gasteiger partial charge on any atom is 0.495 e. The van der Waals surface area contributed by atoms with Crippen molar-refractivity contribution in [3.63, 3.8) is 0 Å². The molecule has 0 unspecified atom stereocenters. The van der Waals surface area contributed by atoms with Crippen molar-refractivity contribution in [1.82, 2.24) is 39.6 Å². The summed E-state index contributed by atoms with van der Waals surface area (Å²) in [5.41, 5.74) is 2.94. The van der Waals surface area contributed by atoms with Crippen LogP contribution in [-0.2, 0) is 40.3 Å². The van der Waals surface area contributed by atoms with Gasteiger partial charge in [0.2, 0.25) is 5.91 Å². The lowest BCUT2D eigenvalue weighted by Crippen LogP contribution is -2.41. The first-order chi connectivity index (χ1) is 22.0. The fourth-order valence-corrected chi connectivity index (χ4v) is 6.47. The van der Waals surface area contributed by atoms with Crippen LogP contribution in [0.5, 0.6) is 0 Å². The zero-order valence-corrected chi connectivity index (χ0v) is 26.8. The van der Waals surface area contributed by atoms with Gasteiger partial charge in [0.1, 0.15) is 5.69 Å². The van der Waals surface area contributed by atoms with Gasteiger partial charge in [-0.15, -0.1) is 5.10 Å². The number of aromatic nitrogens is 6. The smallest absolute Gasteiger partial charge is 0.399 e. The standard InChI is InChI=1S/C32H38BFN8O4/c1-6-42-26-19-40(18-21(26)16-36-42)30(44)25-15-23-24(33-45-31(2,3)32(4,5)46-33)14-22(28(34)29(23)37-25)20-8-7-11-39(17-20)27(43)9-12-41-13-10-35-38-41/h8,10,13-16,37H,6-7,9,11-12,17-19H2,1-5H3. The van der Waals surface area contributed by atoms with Crippen molar-refractivity contribution in [2.45, 2.75) is 84.8 Å². The maximum absolute atomic E-state index is 16.6. The second kappa shape index (κ2) is 11.2. The average molecular weight is 629 g/mol. The van der Waals surface area contributed by atoms with E-state index in [-0.39, 0.29) is 36.0 Å². The predicted molar refractivity (Wildman–Crippen MR) is 169 cm³/mol. The summed E-state index contributed by atoms with van der Waals surface area (Å²) in [6.07, 6.45) is 7.93. The first-order valence-corrected chi connectivity index (χ1v) is 15.8. The van der Waals surface area contributed by atoms with Crippen LogP contribution in [0.25, 0.3) is 16.5 Å². The topological polar surface area (TPSA) is 123 Å². The molecule has 4 aromatic rings. The van der Waals surface area contributed by atoms with Gasteiger partial charge in [-0.2, -0.15) is 5.10 Å². The number of carbonyl (C=O) groups excluding carboxylic acids is 2. The van der Waals surface area contributed by atoms with Crippen LogP contribution in [0.2, 0.25) is 0 Å². The largest absolute Gasteiger partial charge is 0.495 e.